The van der Waals surface area contributed by atoms with Crippen LogP contribution in [0.1, 0.15) is 18.7 Å². The number of methoxy groups -OCH3 is 1. The molecule has 2 heterocycles. The van der Waals surface area contributed by atoms with Gasteiger partial charge in [-0.1, -0.05) is 0 Å². The highest BCUT2D eigenvalue weighted by Crippen LogP contribution is 2.14. The minimum absolute atomic E-state index is 0.215. The van der Waals surface area contributed by atoms with Crippen molar-refractivity contribution in [3.05, 3.63) is 28.3 Å². The van der Waals surface area contributed by atoms with Crippen molar-refractivity contribution >= 4 is 16.8 Å². The first-order valence-corrected chi connectivity index (χ1v) is 6.78. The van der Waals surface area contributed by atoms with Crippen LogP contribution >= 0.6 is 0 Å². The van der Waals surface area contributed by atoms with E-state index in [0.29, 0.717) is 18.7 Å². The predicted octanol–water partition coefficient (Wildman–Crippen LogP) is 0.367. The number of aromatic nitrogens is 3. The van der Waals surface area contributed by atoms with Gasteiger partial charge in [-0.3, -0.25) is 14.3 Å². The monoisotopic (exact) mass is 292 g/mol. The molecule has 7 heteroatoms. The van der Waals surface area contributed by atoms with E-state index in [1.165, 1.54) is 4.57 Å². The molecule has 0 radical (unpaired) electrons. The van der Waals surface area contributed by atoms with E-state index in [4.69, 9.17) is 4.74 Å². The SMILES string of the molecule is COCCNC(=O)[C@@H](C)n1ccc2c(C)nn(C)c2c1=O. The second-order valence-corrected chi connectivity index (χ2v) is 4.96. The maximum Gasteiger partial charge on any atom is 0.277 e. The van der Waals surface area contributed by atoms with Gasteiger partial charge in [0.05, 0.1) is 12.3 Å². The van der Waals surface area contributed by atoms with Crippen molar-refractivity contribution in [2.24, 2.45) is 7.05 Å². The molecule has 0 aliphatic carbocycles. The van der Waals surface area contributed by atoms with E-state index in [2.05, 4.69) is 10.4 Å². The Morgan fingerprint density at radius 2 is 2.24 bits per heavy atom. The number of rotatable bonds is 5. The lowest BCUT2D eigenvalue weighted by Crippen LogP contribution is -2.37. The van der Waals surface area contributed by atoms with Gasteiger partial charge in [0.1, 0.15) is 11.6 Å². The van der Waals surface area contributed by atoms with Crippen LogP contribution in [0.15, 0.2) is 17.1 Å². The zero-order valence-corrected chi connectivity index (χ0v) is 12.7. The van der Waals surface area contributed by atoms with Crippen molar-refractivity contribution in [2.75, 3.05) is 20.3 Å². The van der Waals surface area contributed by atoms with Gasteiger partial charge in [-0.05, 0) is 19.9 Å². The van der Waals surface area contributed by atoms with Gasteiger partial charge >= 0.3 is 0 Å². The molecule has 0 saturated carbocycles. The molecule has 0 fully saturated rings. The van der Waals surface area contributed by atoms with Crippen LogP contribution in [0.5, 0.6) is 0 Å². The Morgan fingerprint density at radius 3 is 2.90 bits per heavy atom. The van der Waals surface area contributed by atoms with Crippen LogP contribution in [0, 0.1) is 6.92 Å². The number of ether oxygens (including phenoxy) is 1. The fraction of sp³-hybridized carbons (Fsp3) is 0.500. The lowest BCUT2D eigenvalue weighted by Gasteiger charge is -2.15. The number of pyridine rings is 1. The van der Waals surface area contributed by atoms with E-state index < -0.39 is 6.04 Å². The number of fused-ring (bicyclic) bond motifs is 1. The maximum absolute atomic E-state index is 12.5. The molecule has 0 aromatic carbocycles. The smallest absolute Gasteiger partial charge is 0.277 e. The number of hydrogen-bond donors (Lipinski definition) is 1. The third-order valence-corrected chi connectivity index (χ3v) is 3.51. The molecule has 0 aliphatic rings. The summed E-state index contributed by atoms with van der Waals surface area (Å²) in [5.41, 5.74) is 1.09. The molecule has 0 aliphatic heterocycles. The normalized spacial score (nSPS) is 12.6. The molecule has 1 amide bonds. The van der Waals surface area contributed by atoms with Crippen LogP contribution in [0.2, 0.25) is 0 Å². The number of nitrogens with zero attached hydrogens (tertiary/aromatic N) is 3. The number of nitrogens with one attached hydrogen (secondary N) is 1. The number of carbonyl (C=O) groups excluding carboxylic acids is 1. The zero-order valence-electron chi connectivity index (χ0n) is 12.7. The molecule has 2 aromatic rings. The fourth-order valence-electron chi connectivity index (χ4n) is 2.33. The average Bonchev–Trinajstić information content (AvgIpc) is 2.74. The standard InChI is InChI=1S/C14H20N4O3/c1-9-11-5-7-18(14(20)12(11)17(3)16-9)10(2)13(19)15-6-8-21-4/h5,7,10H,6,8H2,1-4H3,(H,15,19)/t10-/m1/s1. The zero-order chi connectivity index (χ0) is 15.6. The van der Waals surface area contributed by atoms with Crippen molar-refractivity contribution in [2.45, 2.75) is 19.9 Å². The summed E-state index contributed by atoms with van der Waals surface area (Å²) >= 11 is 0. The van der Waals surface area contributed by atoms with Crippen LogP contribution in [0.25, 0.3) is 10.9 Å². The van der Waals surface area contributed by atoms with Crippen LogP contribution < -0.4 is 10.9 Å². The summed E-state index contributed by atoms with van der Waals surface area (Å²) in [5, 5.41) is 7.78. The Kier molecular flexibility index (Phi) is 4.42. The van der Waals surface area contributed by atoms with Crippen LogP contribution in [-0.2, 0) is 16.6 Å². The first kappa shape index (κ1) is 15.2. The van der Waals surface area contributed by atoms with Crippen molar-refractivity contribution < 1.29 is 9.53 Å². The van der Waals surface area contributed by atoms with Gasteiger partial charge in [-0.15, -0.1) is 0 Å². The van der Waals surface area contributed by atoms with Crippen molar-refractivity contribution in [1.82, 2.24) is 19.7 Å². The topological polar surface area (TPSA) is 78.2 Å². The minimum atomic E-state index is -0.589. The van der Waals surface area contributed by atoms with Gasteiger partial charge in [0, 0.05) is 32.3 Å². The molecular weight excluding hydrogens is 272 g/mol. The van der Waals surface area contributed by atoms with E-state index in [1.807, 2.05) is 13.0 Å². The van der Waals surface area contributed by atoms with Crippen molar-refractivity contribution in [3.8, 4) is 0 Å². The van der Waals surface area contributed by atoms with Gasteiger partial charge in [0.2, 0.25) is 5.91 Å². The molecule has 2 aromatic heterocycles. The molecule has 1 atom stereocenters. The van der Waals surface area contributed by atoms with Gasteiger partial charge in [-0.25, -0.2) is 0 Å². The second kappa shape index (κ2) is 6.09. The number of amides is 1. The predicted molar refractivity (Wildman–Crippen MR) is 79.3 cm³/mol. The van der Waals surface area contributed by atoms with Gasteiger partial charge in [0.25, 0.3) is 5.56 Å². The summed E-state index contributed by atoms with van der Waals surface area (Å²) in [5.74, 6) is -0.215. The van der Waals surface area contributed by atoms with E-state index >= 15 is 0 Å². The molecule has 0 unspecified atom stereocenters. The molecule has 0 bridgehead atoms. The van der Waals surface area contributed by atoms with Crippen LogP contribution in [0.3, 0.4) is 0 Å². The first-order valence-electron chi connectivity index (χ1n) is 6.78. The Labute approximate surface area is 122 Å². The van der Waals surface area contributed by atoms with Crippen molar-refractivity contribution in [1.29, 1.82) is 0 Å². The van der Waals surface area contributed by atoms with E-state index in [1.54, 1.807) is 32.0 Å². The molecule has 21 heavy (non-hydrogen) atoms. The van der Waals surface area contributed by atoms with E-state index in [-0.39, 0.29) is 11.5 Å². The lowest BCUT2D eigenvalue weighted by atomic mass is 10.2. The summed E-state index contributed by atoms with van der Waals surface area (Å²) < 4.78 is 7.86. The Balaban J connectivity index is 2.34. The van der Waals surface area contributed by atoms with E-state index in [0.717, 1.165) is 11.1 Å². The third-order valence-electron chi connectivity index (χ3n) is 3.51. The molecular formula is C14H20N4O3. The molecule has 1 N–H and O–H groups in total. The molecule has 0 saturated heterocycles. The lowest BCUT2D eigenvalue weighted by molar-refractivity contribution is -0.124. The van der Waals surface area contributed by atoms with Gasteiger partial charge in [0.15, 0.2) is 0 Å². The van der Waals surface area contributed by atoms with Gasteiger partial charge < -0.3 is 14.6 Å². The molecule has 2 rings (SSSR count). The first-order chi connectivity index (χ1) is 9.97. The molecule has 0 spiro atoms. The quantitative estimate of drug-likeness (QED) is 0.808. The largest absolute Gasteiger partial charge is 0.383 e. The number of hydrogen-bond acceptors (Lipinski definition) is 4. The summed E-state index contributed by atoms with van der Waals surface area (Å²) in [6.45, 7) is 4.40. The van der Waals surface area contributed by atoms with Crippen LogP contribution in [0.4, 0.5) is 0 Å². The highest BCUT2D eigenvalue weighted by molar-refractivity contribution is 5.83. The molecule has 114 valence electrons. The average molecular weight is 292 g/mol. The summed E-state index contributed by atoms with van der Waals surface area (Å²) in [6.07, 6.45) is 1.64. The van der Waals surface area contributed by atoms with Crippen LogP contribution in [-0.4, -0.2) is 40.5 Å². The summed E-state index contributed by atoms with van der Waals surface area (Å²) in [6, 6.07) is 1.23. The third kappa shape index (κ3) is 2.82. The number of aryl methyl sites for hydroxylation is 2. The highest BCUT2D eigenvalue weighted by Gasteiger charge is 2.18. The second-order valence-electron chi connectivity index (χ2n) is 4.96. The Hall–Kier alpha value is -2.15. The van der Waals surface area contributed by atoms with Gasteiger partial charge in [-0.2, -0.15) is 5.10 Å². The summed E-state index contributed by atoms with van der Waals surface area (Å²) in [4.78, 5) is 24.6. The Morgan fingerprint density at radius 1 is 1.52 bits per heavy atom. The van der Waals surface area contributed by atoms with E-state index in [9.17, 15) is 9.59 Å². The maximum atomic E-state index is 12.5. The minimum Gasteiger partial charge on any atom is -0.383 e. The fourth-order valence-corrected chi connectivity index (χ4v) is 2.33. The molecule has 7 nitrogen and oxygen atoms in total. The Bertz CT molecular complexity index is 717. The number of carbonyl (C=O) groups is 1. The highest BCUT2D eigenvalue weighted by atomic mass is 16.5. The summed E-state index contributed by atoms with van der Waals surface area (Å²) in [7, 11) is 3.29. The van der Waals surface area contributed by atoms with Crippen molar-refractivity contribution in [3.63, 3.8) is 0 Å².